The quantitative estimate of drug-likeness (QED) is 0.545. The first-order valence-electron chi connectivity index (χ1n) is 5.62. The molecule has 2 atom stereocenters. The van der Waals surface area contributed by atoms with Crippen LogP contribution in [-0.4, -0.2) is 51.7 Å². The molecule has 0 saturated heterocycles. The van der Waals surface area contributed by atoms with Crippen molar-refractivity contribution in [3.63, 3.8) is 0 Å². The Morgan fingerprint density at radius 1 is 1.00 bits per heavy atom. The van der Waals surface area contributed by atoms with Gasteiger partial charge in [0.15, 0.2) is 0 Å². The Balaban J connectivity index is 4.06. The lowest BCUT2D eigenvalue weighted by Gasteiger charge is -2.25. The number of hydrogen-bond acceptors (Lipinski definition) is 5. The van der Waals surface area contributed by atoms with E-state index in [0.29, 0.717) is 0 Å². The molecule has 0 aromatic carbocycles. The molecular weight excluding hydrogens is 212 g/mol. The summed E-state index contributed by atoms with van der Waals surface area (Å²) in [6.45, 7) is 2.39. The van der Waals surface area contributed by atoms with E-state index in [2.05, 4.69) is 6.92 Å². The van der Waals surface area contributed by atoms with Gasteiger partial charge in [0.05, 0.1) is 12.7 Å². The van der Waals surface area contributed by atoms with Crippen molar-refractivity contribution < 1.29 is 24.1 Å². The second-order valence-corrected chi connectivity index (χ2v) is 3.55. The van der Waals surface area contributed by atoms with E-state index >= 15 is 0 Å². The minimum absolute atomic E-state index is 0.0819. The van der Waals surface area contributed by atoms with Gasteiger partial charge in [-0.05, 0) is 6.42 Å². The SMILES string of the molecule is CCCC[C@H](OCOC)[C@H](CO)OCOC. The highest BCUT2D eigenvalue weighted by Crippen LogP contribution is 2.12. The van der Waals surface area contributed by atoms with Crippen LogP contribution < -0.4 is 0 Å². The Labute approximate surface area is 97.6 Å². The van der Waals surface area contributed by atoms with Crippen LogP contribution in [0.2, 0.25) is 0 Å². The van der Waals surface area contributed by atoms with Gasteiger partial charge >= 0.3 is 0 Å². The van der Waals surface area contributed by atoms with Crippen LogP contribution in [0.3, 0.4) is 0 Å². The molecule has 0 aliphatic carbocycles. The monoisotopic (exact) mass is 236 g/mol. The zero-order valence-electron chi connectivity index (χ0n) is 10.5. The molecule has 5 heteroatoms. The predicted octanol–water partition coefficient (Wildman–Crippen LogP) is 1.15. The van der Waals surface area contributed by atoms with E-state index in [1.165, 1.54) is 0 Å². The molecule has 0 saturated carbocycles. The van der Waals surface area contributed by atoms with Crippen LogP contribution in [-0.2, 0) is 18.9 Å². The summed E-state index contributed by atoms with van der Waals surface area (Å²) in [5.74, 6) is 0. The van der Waals surface area contributed by atoms with Crippen molar-refractivity contribution in [3.8, 4) is 0 Å². The topological polar surface area (TPSA) is 57.2 Å². The molecule has 16 heavy (non-hydrogen) atoms. The average Bonchev–Trinajstić information content (AvgIpc) is 2.32. The largest absolute Gasteiger partial charge is 0.394 e. The fourth-order valence-corrected chi connectivity index (χ4v) is 1.37. The Hall–Kier alpha value is -0.200. The molecule has 0 aromatic heterocycles. The fourth-order valence-electron chi connectivity index (χ4n) is 1.37. The Bertz CT molecular complexity index is 134. The van der Waals surface area contributed by atoms with Gasteiger partial charge < -0.3 is 24.1 Å². The molecule has 0 radical (unpaired) electrons. The van der Waals surface area contributed by atoms with Crippen molar-refractivity contribution in [1.82, 2.24) is 0 Å². The predicted molar refractivity (Wildman–Crippen MR) is 60.1 cm³/mol. The molecule has 0 rings (SSSR count). The van der Waals surface area contributed by atoms with Gasteiger partial charge in [-0.15, -0.1) is 0 Å². The minimum Gasteiger partial charge on any atom is -0.394 e. The van der Waals surface area contributed by atoms with Gasteiger partial charge in [-0.2, -0.15) is 0 Å². The smallest absolute Gasteiger partial charge is 0.146 e. The normalized spacial score (nSPS) is 15.0. The van der Waals surface area contributed by atoms with E-state index in [1.807, 2.05) is 0 Å². The summed E-state index contributed by atoms with van der Waals surface area (Å²) >= 11 is 0. The molecule has 0 heterocycles. The second kappa shape index (κ2) is 11.3. The molecule has 0 spiro atoms. The van der Waals surface area contributed by atoms with Gasteiger partial charge in [-0.25, -0.2) is 0 Å². The maximum atomic E-state index is 9.22. The van der Waals surface area contributed by atoms with Crippen LogP contribution in [0.15, 0.2) is 0 Å². The molecule has 0 aliphatic rings. The number of rotatable bonds is 11. The molecule has 98 valence electrons. The average molecular weight is 236 g/mol. The van der Waals surface area contributed by atoms with Crippen LogP contribution >= 0.6 is 0 Å². The first-order valence-corrected chi connectivity index (χ1v) is 5.62. The maximum absolute atomic E-state index is 9.22. The van der Waals surface area contributed by atoms with Crippen LogP contribution in [0, 0.1) is 0 Å². The van der Waals surface area contributed by atoms with E-state index in [4.69, 9.17) is 18.9 Å². The van der Waals surface area contributed by atoms with Gasteiger partial charge in [0.25, 0.3) is 0 Å². The van der Waals surface area contributed by atoms with E-state index < -0.39 is 0 Å². The van der Waals surface area contributed by atoms with E-state index in [-0.39, 0.29) is 32.4 Å². The standard InChI is InChI=1S/C11H24O5/c1-4-5-6-10(15-8-13-2)11(7-12)16-9-14-3/h10-12H,4-9H2,1-3H3/t10-,11-/m0/s1. The van der Waals surface area contributed by atoms with Crippen molar-refractivity contribution in [1.29, 1.82) is 0 Å². The van der Waals surface area contributed by atoms with Crippen molar-refractivity contribution in [2.45, 2.75) is 38.4 Å². The first kappa shape index (κ1) is 15.8. The summed E-state index contributed by atoms with van der Waals surface area (Å²) in [6, 6.07) is 0. The van der Waals surface area contributed by atoms with Gasteiger partial charge in [0.2, 0.25) is 0 Å². The number of methoxy groups -OCH3 is 2. The van der Waals surface area contributed by atoms with Crippen molar-refractivity contribution >= 4 is 0 Å². The number of hydrogen-bond donors (Lipinski definition) is 1. The third-order valence-electron chi connectivity index (χ3n) is 2.24. The van der Waals surface area contributed by atoms with Crippen molar-refractivity contribution in [2.75, 3.05) is 34.4 Å². The molecule has 0 amide bonds. The molecule has 5 nitrogen and oxygen atoms in total. The maximum Gasteiger partial charge on any atom is 0.146 e. The van der Waals surface area contributed by atoms with Crippen molar-refractivity contribution in [2.24, 2.45) is 0 Å². The summed E-state index contributed by atoms with van der Waals surface area (Å²) in [6.07, 6.45) is 2.44. The Kier molecular flexibility index (Phi) is 11.1. The first-order chi connectivity index (χ1) is 7.79. The van der Waals surface area contributed by atoms with Crippen LogP contribution in [0.1, 0.15) is 26.2 Å². The third-order valence-corrected chi connectivity index (χ3v) is 2.24. The summed E-state index contributed by atoms with van der Waals surface area (Å²) in [7, 11) is 3.12. The third kappa shape index (κ3) is 7.14. The number of aliphatic hydroxyl groups excluding tert-OH is 1. The van der Waals surface area contributed by atoms with Gasteiger partial charge in [-0.1, -0.05) is 19.8 Å². The number of ether oxygens (including phenoxy) is 4. The highest BCUT2D eigenvalue weighted by atomic mass is 16.7. The highest BCUT2D eigenvalue weighted by Gasteiger charge is 2.21. The lowest BCUT2D eigenvalue weighted by atomic mass is 10.1. The lowest BCUT2D eigenvalue weighted by molar-refractivity contribution is -0.169. The zero-order chi connectivity index (χ0) is 12.2. The van der Waals surface area contributed by atoms with E-state index in [0.717, 1.165) is 19.3 Å². The van der Waals surface area contributed by atoms with Gasteiger partial charge in [0.1, 0.15) is 19.7 Å². The number of aliphatic hydroxyl groups is 1. The van der Waals surface area contributed by atoms with Gasteiger partial charge in [-0.3, -0.25) is 0 Å². The summed E-state index contributed by atoms with van der Waals surface area (Å²) in [5.41, 5.74) is 0. The molecule has 0 fully saturated rings. The summed E-state index contributed by atoms with van der Waals surface area (Å²) < 4.78 is 20.5. The molecule has 0 unspecified atom stereocenters. The zero-order valence-corrected chi connectivity index (χ0v) is 10.5. The summed E-state index contributed by atoms with van der Waals surface area (Å²) in [5, 5.41) is 9.22. The Morgan fingerprint density at radius 3 is 2.00 bits per heavy atom. The van der Waals surface area contributed by atoms with E-state index in [1.54, 1.807) is 14.2 Å². The molecule has 0 aromatic rings. The minimum atomic E-state index is -0.360. The van der Waals surface area contributed by atoms with Crippen LogP contribution in [0.25, 0.3) is 0 Å². The number of unbranched alkanes of at least 4 members (excludes halogenated alkanes) is 1. The van der Waals surface area contributed by atoms with Crippen LogP contribution in [0.4, 0.5) is 0 Å². The lowest BCUT2D eigenvalue weighted by Crippen LogP contribution is -2.35. The Morgan fingerprint density at radius 2 is 1.56 bits per heavy atom. The molecule has 1 N–H and O–H groups in total. The van der Waals surface area contributed by atoms with Crippen molar-refractivity contribution in [3.05, 3.63) is 0 Å². The fraction of sp³-hybridized carbons (Fsp3) is 1.00. The van der Waals surface area contributed by atoms with Gasteiger partial charge in [0, 0.05) is 14.2 Å². The molecule has 0 bridgehead atoms. The second-order valence-electron chi connectivity index (χ2n) is 3.55. The van der Waals surface area contributed by atoms with Crippen LogP contribution in [0.5, 0.6) is 0 Å². The highest BCUT2D eigenvalue weighted by molar-refractivity contribution is 4.69. The molecule has 0 aliphatic heterocycles. The molecular formula is C11H24O5. The van der Waals surface area contributed by atoms with E-state index in [9.17, 15) is 5.11 Å². The summed E-state index contributed by atoms with van der Waals surface area (Å²) in [4.78, 5) is 0.